The average Bonchev–Trinajstić information content (AvgIpc) is 2.17. The van der Waals surface area contributed by atoms with Gasteiger partial charge in [0.1, 0.15) is 0 Å². The molecule has 3 rings (SSSR count). The highest BCUT2D eigenvalue weighted by atomic mass is 16.1. The second-order valence-corrected chi connectivity index (χ2v) is 4.20. The van der Waals surface area contributed by atoms with E-state index in [0.29, 0.717) is 5.78 Å². The Hall–Kier alpha value is -0.590. The van der Waals surface area contributed by atoms with Gasteiger partial charge in [-0.1, -0.05) is 26.8 Å². The van der Waals surface area contributed by atoms with Gasteiger partial charge in [0.25, 0.3) is 0 Å². The number of fused-ring (bicyclic) bond motifs is 1. The largest absolute Gasteiger partial charge is 0.295 e. The van der Waals surface area contributed by atoms with E-state index in [1.165, 1.54) is 0 Å². The van der Waals surface area contributed by atoms with Crippen molar-refractivity contribution in [2.75, 3.05) is 0 Å². The summed E-state index contributed by atoms with van der Waals surface area (Å²) >= 11 is 0. The van der Waals surface area contributed by atoms with Gasteiger partial charge >= 0.3 is 0 Å². The molecule has 0 spiro atoms. The fraction of sp³-hybridized carbons (Fsp3) is 0.667. The first-order valence-electron chi connectivity index (χ1n) is 3.74. The molecule has 0 radical (unpaired) electrons. The van der Waals surface area contributed by atoms with Gasteiger partial charge in [-0.05, 0) is 5.57 Å². The zero-order valence-corrected chi connectivity index (χ0v) is 6.69. The zero-order valence-electron chi connectivity index (χ0n) is 6.69. The lowest BCUT2D eigenvalue weighted by molar-refractivity contribution is -0.114. The summed E-state index contributed by atoms with van der Waals surface area (Å²) in [7, 11) is 0. The van der Waals surface area contributed by atoms with E-state index in [2.05, 4.69) is 26.8 Å². The first-order valence-corrected chi connectivity index (χ1v) is 3.74. The van der Waals surface area contributed by atoms with Crippen molar-refractivity contribution in [1.82, 2.24) is 0 Å². The van der Waals surface area contributed by atoms with E-state index in [1.54, 1.807) is 0 Å². The summed E-state index contributed by atoms with van der Waals surface area (Å²) in [6.45, 7) is 6.49. The van der Waals surface area contributed by atoms with E-state index in [1.807, 2.05) is 0 Å². The van der Waals surface area contributed by atoms with Crippen LogP contribution in [0.1, 0.15) is 27.2 Å². The van der Waals surface area contributed by atoms with Crippen LogP contribution in [0.2, 0.25) is 0 Å². The molecule has 3 aliphatic rings. The Morgan fingerprint density at radius 1 is 1.40 bits per heavy atom. The summed E-state index contributed by atoms with van der Waals surface area (Å²) in [4.78, 5) is 11.2. The lowest BCUT2D eigenvalue weighted by atomic mass is 9.59. The van der Waals surface area contributed by atoms with E-state index in [0.717, 1.165) is 12.0 Å². The summed E-state index contributed by atoms with van der Waals surface area (Å²) in [6.07, 6.45) is 2.88. The summed E-state index contributed by atoms with van der Waals surface area (Å²) in [5, 5.41) is 0. The maximum absolute atomic E-state index is 11.2. The van der Waals surface area contributed by atoms with Crippen LogP contribution in [0.4, 0.5) is 0 Å². The van der Waals surface area contributed by atoms with Gasteiger partial charge in [0.2, 0.25) is 0 Å². The number of allylic oxidation sites excluding steroid dienone is 2. The molecule has 1 heteroatoms. The van der Waals surface area contributed by atoms with Crippen LogP contribution in [0, 0.1) is 10.8 Å². The van der Waals surface area contributed by atoms with E-state index >= 15 is 0 Å². The van der Waals surface area contributed by atoms with Gasteiger partial charge in [-0.3, -0.25) is 4.79 Å². The third kappa shape index (κ3) is 0.377. The Balaban J connectivity index is 2.53. The number of hydrogen-bond acceptors (Lipinski definition) is 1. The highest BCUT2D eigenvalue weighted by Gasteiger charge is 2.59. The van der Waals surface area contributed by atoms with E-state index in [9.17, 15) is 4.79 Å². The van der Waals surface area contributed by atoms with Crippen molar-refractivity contribution < 1.29 is 4.79 Å². The number of hydrogen-bond donors (Lipinski definition) is 0. The van der Waals surface area contributed by atoms with Crippen molar-refractivity contribution in [3.63, 3.8) is 0 Å². The molecule has 10 heavy (non-hydrogen) atoms. The van der Waals surface area contributed by atoms with E-state index < -0.39 is 0 Å². The van der Waals surface area contributed by atoms with Crippen LogP contribution >= 0.6 is 0 Å². The van der Waals surface area contributed by atoms with Crippen LogP contribution in [0.5, 0.6) is 0 Å². The van der Waals surface area contributed by atoms with Crippen LogP contribution in [-0.4, -0.2) is 5.78 Å². The average molecular weight is 136 g/mol. The van der Waals surface area contributed by atoms with Gasteiger partial charge in [0.15, 0.2) is 5.78 Å². The topological polar surface area (TPSA) is 17.1 Å². The zero-order chi connectivity index (χ0) is 7.57. The Morgan fingerprint density at radius 3 is 2.10 bits per heavy atom. The predicted molar refractivity (Wildman–Crippen MR) is 39.6 cm³/mol. The van der Waals surface area contributed by atoms with Crippen LogP contribution in [0.3, 0.4) is 0 Å². The van der Waals surface area contributed by atoms with Crippen molar-refractivity contribution in [2.24, 2.45) is 10.8 Å². The Bertz CT molecular complexity index is 245. The molecule has 0 aromatic heterocycles. The van der Waals surface area contributed by atoms with Crippen LogP contribution in [0.15, 0.2) is 11.6 Å². The number of carbonyl (C=O) groups is 1. The van der Waals surface area contributed by atoms with Crippen molar-refractivity contribution >= 4 is 5.78 Å². The normalized spacial score (nSPS) is 41.1. The molecular weight excluding hydrogens is 124 g/mol. The van der Waals surface area contributed by atoms with Crippen molar-refractivity contribution in [1.29, 1.82) is 0 Å². The lowest BCUT2D eigenvalue weighted by Gasteiger charge is -2.43. The molecule has 3 aliphatic carbocycles. The Labute approximate surface area is 61.1 Å². The van der Waals surface area contributed by atoms with Crippen LogP contribution in [0.25, 0.3) is 0 Å². The fourth-order valence-electron chi connectivity index (χ4n) is 2.04. The van der Waals surface area contributed by atoms with Crippen molar-refractivity contribution in [3.05, 3.63) is 11.6 Å². The molecule has 0 aliphatic heterocycles. The Morgan fingerprint density at radius 2 is 2.00 bits per heavy atom. The third-order valence-corrected chi connectivity index (χ3v) is 3.39. The Kier molecular flexibility index (Phi) is 0.753. The van der Waals surface area contributed by atoms with E-state index in [-0.39, 0.29) is 10.8 Å². The maximum Gasteiger partial charge on any atom is 0.160 e. The molecule has 1 saturated carbocycles. The van der Waals surface area contributed by atoms with Crippen molar-refractivity contribution in [2.45, 2.75) is 27.2 Å². The quantitative estimate of drug-likeness (QED) is 0.497. The molecule has 0 heterocycles. The third-order valence-electron chi connectivity index (χ3n) is 3.39. The van der Waals surface area contributed by atoms with Crippen LogP contribution < -0.4 is 0 Å². The predicted octanol–water partition coefficient (Wildman–Crippen LogP) is 1.93. The summed E-state index contributed by atoms with van der Waals surface area (Å²) < 4.78 is 0. The molecule has 0 aromatic carbocycles. The van der Waals surface area contributed by atoms with Gasteiger partial charge in [0, 0.05) is 17.3 Å². The second-order valence-electron chi connectivity index (χ2n) is 4.20. The molecule has 1 unspecified atom stereocenters. The molecule has 0 amide bonds. The smallest absolute Gasteiger partial charge is 0.160 e. The van der Waals surface area contributed by atoms with Crippen LogP contribution in [-0.2, 0) is 4.79 Å². The fourth-order valence-corrected chi connectivity index (χ4v) is 2.04. The standard InChI is InChI=1S/C9H12O/c1-8(2)6-4-9(8,3)5-7(6)10/h4H,5H2,1-3H3. The van der Waals surface area contributed by atoms with Gasteiger partial charge < -0.3 is 0 Å². The molecule has 0 saturated heterocycles. The molecule has 1 fully saturated rings. The SMILES string of the molecule is CC12C=C(C(=O)C1)C2(C)C. The van der Waals surface area contributed by atoms with Gasteiger partial charge in [0.05, 0.1) is 0 Å². The minimum Gasteiger partial charge on any atom is -0.295 e. The molecule has 54 valence electrons. The monoisotopic (exact) mass is 136 g/mol. The van der Waals surface area contributed by atoms with Gasteiger partial charge in [-0.2, -0.15) is 0 Å². The number of carbonyl (C=O) groups excluding carboxylic acids is 1. The molecule has 2 bridgehead atoms. The molecular formula is C9H12O. The lowest BCUT2D eigenvalue weighted by Crippen LogP contribution is -2.36. The first kappa shape index (κ1) is 6.14. The molecule has 1 atom stereocenters. The highest BCUT2D eigenvalue weighted by Crippen LogP contribution is 2.63. The minimum absolute atomic E-state index is 0.171. The molecule has 0 aromatic rings. The number of ketones is 1. The summed E-state index contributed by atoms with van der Waals surface area (Å²) in [5.41, 5.74) is 1.43. The van der Waals surface area contributed by atoms with Gasteiger partial charge in [-0.25, -0.2) is 0 Å². The summed E-state index contributed by atoms with van der Waals surface area (Å²) in [5.74, 6) is 0.368. The summed E-state index contributed by atoms with van der Waals surface area (Å²) in [6, 6.07) is 0. The molecule has 0 N–H and O–H groups in total. The molecule has 1 nitrogen and oxygen atoms in total. The van der Waals surface area contributed by atoms with E-state index in [4.69, 9.17) is 0 Å². The first-order chi connectivity index (χ1) is 4.47. The highest BCUT2D eigenvalue weighted by molar-refractivity contribution is 6.04. The maximum atomic E-state index is 11.2. The van der Waals surface area contributed by atoms with Gasteiger partial charge in [-0.15, -0.1) is 0 Å². The van der Waals surface area contributed by atoms with Crippen molar-refractivity contribution in [3.8, 4) is 0 Å². The number of Topliss-reactive ketones (excluding diaryl/α,β-unsaturated/α-hetero) is 1. The minimum atomic E-state index is 0.171. The second kappa shape index (κ2) is 1.23. The number of rotatable bonds is 0.